The van der Waals surface area contributed by atoms with E-state index < -0.39 is 6.09 Å². The maximum Gasteiger partial charge on any atom is 0.406 e. The fourth-order valence-corrected chi connectivity index (χ4v) is 1.13. The number of nitrogens with one attached hydrogen (secondary N) is 1. The maximum absolute atomic E-state index is 10.7. The summed E-state index contributed by atoms with van der Waals surface area (Å²) in [5, 5.41) is 2.59. The van der Waals surface area contributed by atoms with Crippen LogP contribution in [0.4, 0.5) is 10.5 Å². The normalized spacial score (nSPS) is 8.87. The first-order valence-electron chi connectivity index (χ1n) is 4.39. The van der Waals surface area contributed by atoms with Gasteiger partial charge in [0, 0.05) is 12.2 Å². The van der Waals surface area contributed by atoms with Gasteiger partial charge in [-0.25, -0.2) is 4.79 Å². The Morgan fingerprint density at radius 2 is 2.13 bits per heavy atom. The molecule has 0 saturated carbocycles. The van der Waals surface area contributed by atoms with Gasteiger partial charge in [0.05, 0.1) is 7.11 Å². The average molecular weight is 231 g/mol. The quantitative estimate of drug-likeness (QED) is 0.775. The summed E-state index contributed by atoms with van der Waals surface area (Å²) in [7, 11) is 1.34. The number of hydrogen-bond acceptors (Lipinski definition) is 3. The number of hydrogen-bond donors (Lipinski definition) is 2. The standard InChI is InChI=1S/C10H14N2O2.ClH/c1-14-10(13)12-7-6-8-4-2-3-5-9(8)11;/h2-5H,6-7,11H2,1H3,(H,12,13);1H. The fraction of sp³-hybridized carbons (Fsp3) is 0.300. The second-order valence-corrected chi connectivity index (χ2v) is 2.87. The molecule has 1 aromatic rings. The van der Waals surface area contributed by atoms with Crippen molar-refractivity contribution in [2.75, 3.05) is 19.4 Å². The van der Waals surface area contributed by atoms with E-state index in [9.17, 15) is 4.79 Å². The zero-order valence-electron chi connectivity index (χ0n) is 8.53. The summed E-state index contributed by atoms with van der Waals surface area (Å²) in [5.41, 5.74) is 7.51. The van der Waals surface area contributed by atoms with Crippen LogP contribution >= 0.6 is 12.4 Å². The van der Waals surface area contributed by atoms with Crippen LogP contribution in [0.15, 0.2) is 24.3 Å². The van der Waals surface area contributed by atoms with E-state index in [1.54, 1.807) is 0 Å². The molecule has 0 aliphatic carbocycles. The first-order chi connectivity index (χ1) is 6.74. The van der Waals surface area contributed by atoms with Crippen molar-refractivity contribution in [3.63, 3.8) is 0 Å². The van der Waals surface area contributed by atoms with Gasteiger partial charge in [-0.15, -0.1) is 12.4 Å². The molecule has 0 saturated heterocycles. The molecule has 0 aliphatic rings. The van der Waals surface area contributed by atoms with E-state index in [1.165, 1.54) is 7.11 Å². The molecule has 0 fully saturated rings. The summed E-state index contributed by atoms with van der Waals surface area (Å²) in [6.07, 6.45) is 0.293. The minimum Gasteiger partial charge on any atom is -0.453 e. The third-order valence-corrected chi connectivity index (χ3v) is 1.90. The lowest BCUT2D eigenvalue weighted by Gasteiger charge is -2.05. The van der Waals surface area contributed by atoms with Crippen molar-refractivity contribution >= 4 is 24.2 Å². The summed E-state index contributed by atoms with van der Waals surface area (Å²) >= 11 is 0. The van der Waals surface area contributed by atoms with E-state index in [4.69, 9.17) is 5.73 Å². The van der Waals surface area contributed by atoms with Crippen molar-refractivity contribution in [3.8, 4) is 0 Å². The highest BCUT2D eigenvalue weighted by molar-refractivity contribution is 5.85. The van der Waals surface area contributed by atoms with Gasteiger partial charge in [-0.1, -0.05) is 18.2 Å². The van der Waals surface area contributed by atoms with Gasteiger partial charge in [-0.2, -0.15) is 0 Å². The molecule has 4 nitrogen and oxygen atoms in total. The van der Waals surface area contributed by atoms with Gasteiger partial charge in [0.1, 0.15) is 0 Å². The van der Waals surface area contributed by atoms with Gasteiger partial charge in [0.2, 0.25) is 0 Å². The maximum atomic E-state index is 10.7. The van der Waals surface area contributed by atoms with Crippen molar-refractivity contribution < 1.29 is 9.53 Å². The predicted molar refractivity (Wildman–Crippen MR) is 62.2 cm³/mol. The molecule has 15 heavy (non-hydrogen) atoms. The zero-order valence-corrected chi connectivity index (χ0v) is 9.34. The lowest BCUT2D eigenvalue weighted by atomic mass is 10.1. The Labute approximate surface area is 95.2 Å². The van der Waals surface area contributed by atoms with Crippen LogP contribution in [0.3, 0.4) is 0 Å². The molecule has 0 radical (unpaired) electrons. The van der Waals surface area contributed by atoms with Gasteiger partial charge in [-0.3, -0.25) is 0 Å². The molecule has 0 heterocycles. The summed E-state index contributed by atoms with van der Waals surface area (Å²) in [5.74, 6) is 0. The van der Waals surface area contributed by atoms with E-state index in [2.05, 4.69) is 10.1 Å². The lowest BCUT2D eigenvalue weighted by Crippen LogP contribution is -2.25. The van der Waals surface area contributed by atoms with Crippen molar-refractivity contribution in [2.45, 2.75) is 6.42 Å². The number of amides is 1. The van der Waals surface area contributed by atoms with Gasteiger partial charge >= 0.3 is 6.09 Å². The molecule has 0 atom stereocenters. The number of benzene rings is 1. The number of anilines is 1. The molecule has 3 N–H and O–H groups in total. The summed E-state index contributed by atoms with van der Waals surface area (Å²) < 4.78 is 4.44. The number of nitrogen functional groups attached to an aromatic ring is 1. The molecular weight excluding hydrogens is 216 g/mol. The van der Waals surface area contributed by atoms with E-state index in [-0.39, 0.29) is 12.4 Å². The van der Waals surface area contributed by atoms with Crippen molar-refractivity contribution in [1.29, 1.82) is 0 Å². The average Bonchev–Trinajstić information content (AvgIpc) is 2.20. The summed E-state index contributed by atoms with van der Waals surface area (Å²) in [6, 6.07) is 7.58. The molecule has 0 aromatic heterocycles. The molecule has 84 valence electrons. The van der Waals surface area contributed by atoms with E-state index >= 15 is 0 Å². The highest BCUT2D eigenvalue weighted by Gasteiger charge is 2.00. The predicted octanol–water partition coefficient (Wildman–Crippen LogP) is 1.59. The third kappa shape index (κ3) is 4.56. The van der Waals surface area contributed by atoms with E-state index in [0.29, 0.717) is 13.0 Å². The molecule has 1 aromatic carbocycles. The number of para-hydroxylation sites is 1. The van der Waals surface area contributed by atoms with Gasteiger partial charge in [0.15, 0.2) is 0 Å². The van der Waals surface area contributed by atoms with E-state index in [0.717, 1.165) is 11.3 Å². The molecule has 0 spiro atoms. The Kier molecular flexibility index (Phi) is 6.29. The van der Waals surface area contributed by atoms with Crippen LogP contribution in [-0.2, 0) is 11.2 Å². The SMILES string of the molecule is COC(=O)NCCc1ccccc1N.Cl. The third-order valence-electron chi connectivity index (χ3n) is 1.90. The number of alkyl carbamates (subject to hydrolysis) is 1. The van der Waals surface area contributed by atoms with Crippen molar-refractivity contribution in [2.24, 2.45) is 0 Å². The monoisotopic (exact) mass is 230 g/mol. The van der Waals surface area contributed by atoms with Crippen LogP contribution in [0.2, 0.25) is 0 Å². The smallest absolute Gasteiger partial charge is 0.406 e. The summed E-state index contributed by atoms with van der Waals surface area (Å²) in [6.45, 7) is 0.529. The van der Waals surface area contributed by atoms with Crippen LogP contribution in [0.25, 0.3) is 0 Å². The lowest BCUT2D eigenvalue weighted by molar-refractivity contribution is 0.171. The minimum atomic E-state index is -0.417. The highest BCUT2D eigenvalue weighted by atomic mass is 35.5. The molecule has 1 rings (SSSR count). The van der Waals surface area contributed by atoms with Crippen LogP contribution in [0.5, 0.6) is 0 Å². The second kappa shape index (κ2) is 6.95. The van der Waals surface area contributed by atoms with Crippen LogP contribution in [0.1, 0.15) is 5.56 Å². The first kappa shape index (κ1) is 13.6. The molecule has 5 heteroatoms. The van der Waals surface area contributed by atoms with Crippen molar-refractivity contribution in [1.82, 2.24) is 5.32 Å². The van der Waals surface area contributed by atoms with Crippen LogP contribution < -0.4 is 11.1 Å². The van der Waals surface area contributed by atoms with E-state index in [1.807, 2.05) is 24.3 Å². The Hall–Kier alpha value is -1.42. The topological polar surface area (TPSA) is 64.3 Å². The molecular formula is C10H15ClN2O2. The van der Waals surface area contributed by atoms with Gasteiger partial charge in [0.25, 0.3) is 0 Å². The van der Waals surface area contributed by atoms with Crippen LogP contribution in [-0.4, -0.2) is 19.7 Å². The number of halogens is 1. The number of carbonyl (C=O) groups is 1. The van der Waals surface area contributed by atoms with Crippen molar-refractivity contribution in [3.05, 3.63) is 29.8 Å². The number of nitrogens with two attached hydrogens (primary N) is 1. The van der Waals surface area contributed by atoms with Crippen LogP contribution in [0, 0.1) is 0 Å². The molecule has 0 unspecified atom stereocenters. The first-order valence-corrected chi connectivity index (χ1v) is 4.39. The largest absolute Gasteiger partial charge is 0.453 e. The van der Waals surface area contributed by atoms with Gasteiger partial charge < -0.3 is 15.8 Å². The Morgan fingerprint density at radius 1 is 1.47 bits per heavy atom. The number of methoxy groups -OCH3 is 1. The Morgan fingerprint density at radius 3 is 2.73 bits per heavy atom. The second-order valence-electron chi connectivity index (χ2n) is 2.87. The zero-order chi connectivity index (χ0) is 10.4. The minimum absolute atomic E-state index is 0. The van der Waals surface area contributed by atoms with Gasteiger partial charge in [-0.05, 0) is 18.1 Å². The fourth-order valence-electron chi connectivity index (χ4n) is 1.13. The Balaban J connectivity index is 0.00000196. The summed E-state index contributed by atoms with van der Waals surface area (Å²) in [4.78, 5) is 10.7. The number of ether oxygens (including phenoxy) is 1. The molecule has 0 bridgehead atoms. The molecule has 1 amide bonds. The molecule has 0 aliphatic heterocycles. The number of carbonyl (C=O) groups excluding carboxylic acids is 1. The Bertz CT molecular complexity index is 318. The highest BCUT2D eigenvalue weighted by Crippen LogP contribution is 2.10. The number of rotatable bonds is 3.